The van der Waals surface area contributed by atoms with Crippen molar-refractivity contribution in [1.29, 1.82) is 0 Å². The second-order valence-electron chi connectivity index (χ2n) is 2.72. The van der Waals surface area contributed by atoms with Crippen LogP contribution in [-0.2, 0) is 0 Å². The third-order valence-electron chi connectivity index (χ3n) is 1.71. The Balaban J connectivity index is 2.82. The first-order valence-corrected chi connectivity index (χ1v) is 5.44. The van der Waals surface area contributed by atoms with Crippen molar-refractivity contribution in [2.45, 2.75) is 12.2 Å². The topological polar surface area (TPSA) is 40.5 Å². The third kappa shape index (κ3) is 3.09. The highest BCUT2D eigenvalue weighted by Crippen LogP contribution is 2.19. The van der Waals surface area contributed by atoms with E-state index < -0.39 is 12.2 Å². The molecule has 1 rings (SSSR count). The molecule has 0 spiro atoms. The van der Waals surface area contributed by atoms with Crippen LogP contribution in [0.3, 0.4) is 0 Å². The smallest absolute Gasteiger partial charge is 0.106 e. The molecule has 2 atom stereocenters. The molecule has 0 fully saturated rings. The summed E-state index contributed by atoms with van der Waals surface area (Å²) in [4.78, 5) is 0. The fourth-order valence-electron chi connectivity index (χ4n) is 0.997. The van der Waals surface area contributed by atoms with Crippen LogP contribution >= 0.6 is 34.2 Å². The van der Waals surface area contributed by atoms with Crippen LogP contribution in [0, 0.1) is 3.57 Å². The average molecular weight is 313 g/mol. The van der Waals surface area contributed by atoms with Gasteiger partial charge in [-0.15, -0.1) is 11.6 Å². The van der Waals surface area contributed by atoms with E-state index >= 15 is 0 Å². The number of benzene rings is 1. The van der Waals surface area contributed by atoms with Crippen LogP contribution in [0.2, 0.25) is 0 Å². The molecule has 2 unspecified atom stereocenters. The summed E-state index contributed by atoms with van der Waals surface area (Å²) in [7, 11) is 0. The standard InChI is InChI=1S/C9H10ClIO2/c10-5-8(12)9(13)6-2-1-3-7(11)4-6/h1-4,8-9,12-13H,5H2. The Kier molecular flexibility index (Phi) is 4.45. The van der Waals surface area contributed by atoms with Crippen LogP contribution in [0.5, 0.6) is 0 Å². The zero-order valence-electron chi connectivity index (χ0n) is 6.82. The van der Waals surface area contributed by atoms with Crippen LogP contribution < -0.4 is 0 Å². The summed E-state index contributed by atoms with van der Waals surface area (Å²) >= 11 is 7.57. The fraction of sp³-hybridized carbons (Fsp3) is 0.333. The molecule has 0 aromatic heterocycles. The van der Waals surface area contributed by atoms with Crippen LogP contribution in [0.15, 0.2) is 24.3 Å². The molecule has 2 nitrogen and oxygen atoms in total. The maximum atomic E-state index is 9.58. The zero-order chi connectivity index (χ0) is 9.84. The molecule has 1 aromatic carbocycles. The van der Waals surface area contributed by atoms with E-state index in [1.807, 2.05) is 18.2 Å². The van der Waals surface area contributed by atoms with Gasteiger partial charge >= 0.3 is 0 Å². The predicted molar refractivity (Wildman–Crippen MR) is 60.8 cm³/mol. The number of hydrogen-bond donors (Lipinski definition) is 2. The summed E-state index contributed by atoms with van der Waals surface area (Å²) < 4.78 is 1.02. The molecule has 0 aliphatic rings. The van der Waals surface area contributed by atoms with E-state index in [4.69, 9.17) is 11.6 Å². The first kappa shape index (κ1) is 11.2. The minimum atomic E-state index is -0.903. The Morgan fingerprint density at radius 3 is 2.62 bits per heavy atom. The fourth-order valence-corrected chi connectivity index (χ4v) is 1.73. The Bertz CT molecular complexity index is 280. The number of hydrogen-bond acceptors (Lipinski definition) is 2. The van der Waals surface area contributed by atoms with Gasteiger partial charge < -0.3 is 10.2 Å². The van der Waals surface area contributed by atoms with Gasteiger partial charge in [0.25, 0.3) is 0 Å². The minimum absolute atomic E-state index is 0.0344. The molecule has 72 valence electrons. The van der Waals surface area contributed by atoms with E-state index in [9.17, 15) is 10.2 Å². The molecule has 0 radical (unpaired) electrons. The van der Waals surface area contributed by atoms with Gasteiger partial charge in [0.05, 0.1) is 12.0 Å². The van der Waals surface area contributed by atoms with Gasteiger partial charge in [0.15, 0.2) is 0 Å². The summed E-state index contributed by atoms with van der Waals surface area (Å²) in [5.41, 5.74) is 0.694. The van der Waals surface area contributed by atoms with Crippen LogP contribution in [0.1, 0.15) is 11.7 Å². The van der Waals surface area contributed by atoms with E-state index in [2.05, 4.69) is 22.6 Å². The zero-order valence-corrected chi connectivity index (χ0v) is 9.73. The number of halogens is 2. The second kappa shape index (κ2) is 5.14. The van der Waals surface area contributed by atoms with Crippen LogP contribution in [0.4, 0.5) is 0 Å². The van der Waals surface area contributed by atoms with E-state index in [1.54, 1.807) is 6.07 Å². The molecule has 0 amide bonds. The second-order valence-corrected chi connectivity index (χ2v) is 4.28. The van der Waals surface area contributed by atoms with Crippen molar-refractivity contribution in [2.75, 3.05) is 5.88 Å². The lowest BCUT2D eigenvalue weighted by atomic mass is 10.1. The Labute approximate surface area is 95.7 Å². The van der Waals surface area contributed by atoms with E-state index in [-0.39, 0.29) is 5.88 Å². The van der Waals surface area contributed by atoms with Gasteiger partial charge in [-0.05, 0) is 40.3 Å². The number of rotatable bonds is 3. The van der Waals surface area contributed by atoms with Gasteiger partial charge in [-0.2, -0.15) is 0 Å². The first-order valence-electron chi connectivity index (χ1n) is 3.82. The highest BCUT2D eigenvalue weighted by molar-refractivity contribution is 14.1. The molecule has 0 saturated heterocycles. The largest absolute Gasteiger partial charge is 0.389 e. The minimum Gasteiger partial charge on any atom is -0.389 e. The predicted octanol–water partition coefficient (Wildman–Crippen LogP) is 1.92. The van der Waals surface area contributed by atoms with Gasteiger partial charge in [0, 0.05) is 3.57 Å². The van der Waals surface area contributed by atoms with Crippen LogP contribution in [0.25, 0.3) is 0 Å². The van der Waals surface area contributed by atoms with E-state index in [1.165, 1.54) is 0 Å². The van der Waals surface area contributed by atoms with E-state index in [0.29, 0.717) is 5.56 Å². The molecular weight excluding hydrogens is 302 g/mol. The van der Waals surface area contributed by atoms with Crippen molar-refractivity contribution in [3.63, 3.8) is 0 Å². The highest BCUT2D eigenvalue weighted by Gasteiger charge is 2.16. The lowest BCUT2D eigenvalue weighted by Crippen LogP contribution is -2.19. The molecule has 1 aromatic rings. The summed E-state index contributed by atoms with van der Waals surface area (Å²) in [5, 5.41) is 18.9. The van der Waals surface area contributed by atoms with Gasteiger partial charge in [0.2, 0.25) is 0 Å². The van der Waals surface area contributed by atoms with Crippen molar-refractivity contribution in [3.8, 4) is 0 Å². The number of alkyl halides is 1. The van der Waals surface area contributed by atoms with Crippen LogP contribution in [-0.4, -0.2) is 22.2 Å². The molecule has 0 heterocycles. The number of aliphatic hydroxyl groups is 2. The quantitative estimate of drug-likeness (QED) is 0.661. The molecule has 4 heteroatoms. The summed E-state index contributed by atoms with van der Waals surface area (Å²) in [6.45, 7) is 0. The van der Waals surface area contributed by atoms with E-state index in [0.717, 1.165) is 3.57 Å². The van der Waals surface area contributed by atoms with Crippen molar-refractivity contribution in [2.24, 2.45) is 0 Å². The van der Waals surface area contributed by atoms with Crippen molar-refractivity contribution >= 4 is 34.2 Å². The van der Waals surface area contributed by atoms with Crippen molar-refractivity contribution < 1.29 is 10.2 Å². The molecule has 0 saturated carbocycles. The first-order chi connectivity index (χ1) is 6.15. The molecule has 13 heavy (non-hydrogen) atoms. The Hall–Kier alpha value is 0.160. The maximum Gasteiger partial charge on any atom is 0.106 e. The Morgan fingerprint density at radius 1 is 1.38 bits per heavy atom. The SMILES string of the molecule is OC(CCl)C(O)c1cccc(I)c1. The Morgan fingerprint density at radius 2 is 2.08 bits per heavy atom. The molecule has 0 aliphatic carbocycles. The summed E-state index contributed by atoms with van der Waals surface area (Å²) in [5.74, 6) is 0.0344. The van der Waals surface area contributed by atoms with Gasteiger partial charge in [-0.3, -0.25) is 0 Å². The molecular formula is C9H10ClIO2. The lowest BCUT2D eigenvalue weighted by Gasteiger charge is -2.15. The molecule has 2 N–H and O–H groups in total. The lowest BCUT2D eigenvalue weighted by molar-refractivity contribution is 0.0327. The monoisotopic (exact) mass is 312 g/mol. The average Bonchev–Trinajstić information content (AvgIpc) is 2.15. The normalized spacial score (nSPS) is 15.4. The maximum absolute atomic E-state index is 9.58. The highest BCUT2D eigenvalue weighted by atomic mass is 127. The summed E-state index contributed by atoms with van der Waals surface area (Å²) in [6, 6.07) is 7.34. The van der Waals surface area contributed by atoms with Gasteiger partial charge in [-0.25, -0.2) is 0 Å². The van der Waals surface area contributed by atoms with Gasteiger partial charge in [-0.1, -0.05) is 12.1 Å². The summed E-state index contributed by atoms with van der Waals surface area (Å²) in [6.07, 6.45) is -1.80. The van der Waals surface area contributed by atoms with Gasteiger partial charge in [0.1, 0.15) is 6.10 Å². The number of aliphatic hydroxyl groups excluding tert-OH is 2. The third-order valence-corrected chi connectivity index (χ3v) is 2.70. The molecule has 0 aliphatic heterocycles. The van der Waals surface area contributed by atoms with Crippen molar-refractivity contribution in [1.82, 2.24) is 0 Å². The molecule has 0 bridgehead atoms. The van der Waals surface area contributed by atoms with Crippen molar-refractivity contribution in [3.05, 3.63) is 33.4 Å².